The van der Waals surface area contributed by atoms with Crippen LogP contribution >= 0.6 is 0 Å². The first-order valence-corrected chi connectivity index (χ1v) is 47.8. The summed E-state index contributed by atoms with van der Waals surface area (Å²) in [5.74, 6) is -0.193. The van der Waals surface area contributed by atoms with Crippen LogP contribution in [0.2, 0.25) is 0 Å². The molecule has 2 atom stereocenters. The molecule has 0 aliphatic carbocycles. The number of nitrogens with zero attached hydrogens (tertiary/aromatic N) is 2. The number of rotatable bonds is 88. The summed E-state index contributed by atoms with van der Waals surface area (Å²) in [5, 5.41) is 10.2. The molecule has 0 radical (unpaired) electrons. The molecule has 9 nitrogen and oxygen atoms in total. The molecule has 2 unspecified atom stereocenters. The van der Waals surface area contributed by atoms with Gasteiger partial charge in [0.1, 0.15) is 0 Å². The van der Waals surface area contributed by atoms with Gasteiger partial charge in [0, 0.05) is 77.0 Å². The molecule has 0 aromatic rings. The number of carbonyl (C=O) groups excluding carboxylic acids is 4. The lowest BCUT2D eigenvalue weighted by molar-refractivity contribution is -0.140. The summed E-state index contributed by atoms with van der Waals surface area (Å²) < 4.78 is 0. The van der Waals surface area contributed by atoms with Crippen LogP contribution in [0, 0.1) is 11.8 Å². The van der Waals surface area contributed by atoms with E-state index in [0.717, 1.165) is 51.9 Å². The number of imide groups is 2. The van der Waals surface area contributed by atoms with Crippen molar-refractivity contribution >= 4 is 23.6 Å². The quantitative estimate of drug-likeness (QED) is 0.0411. The van der Waals surface area contributed by atoms with Gasteiger partial charge < -0.3 is 16.0 Å². The first kappa shape index (κ1) is 97.2. The fourth-order valence-electron chi connectivity index (χ4n) is 16.8. The predicted molar refractivity (Wildman–Crippen MR) is 451 cm³/mol. The molecule has 0 aromatic carbocycles. The van der Waals surface area contributed by atoms with Crippen LogP contribution in [0.3, 0.4) is 0 Å². The number of carbonyl (C=O) groups is 4. The van der Waals surface area contributed by atoms with Crippen LogP contribution in [0.25, 0.3) is 0 Å². The van der Waals surface area contributed by atoms with E-state index in [1.165, 1.54) is 472 Å². The standard InChI is InChI=1S/C94H183N5O4/c1-3-5-7-9-11-13-15-17-19-21-23-25-27-29-31-33-35-37-39-41-42-44-46-48-50-52-54-56-58-60-62-64-66-68-70-72-74-76-78-90-88-92(101)99(94(90)103)86-84-97-82-80-95-79-81-96-83-85-98-91(100)87-89(93(98)102)77-75-73-71-69-67-65-63-61-59-57-55-53-51-49-47-45-43-40-38-36-34-32-30-28-26-24-22-20-18-16-14-12-10-8-6-4-2/h89-90,95-97H,3-88H2,1-2H3. The molecule has 103 heavy (non-hydrogen) atoms. The Balaban J connectivity index is 1.22. The second kappa shape index (κ2) is 79.7. The first-order chi connectivity index (χ1) is 51.0. The zero-order chi connectivity index (χ0) is 73.6. The SMILES string of the molecule is CCCCCCCCCCCCCCCCCCCCCCCCCCCCCCCCCCCCCCCCC1CC(=O)N(CCNCCNCCNCCN2C(=O)CC(CCCCCCCCCCCCCCCCCCCCCCCCCCCCCCCCCCCCCC)C2=O)C1=O. The number of hydrogen-bond acceptors (Lipinski definition) is 7. The maximum absolute atomic E-state index is 13.1. The minimum Gasteiger partial charge on any atom is -0.314 e. The summed E-state index contributed by atoms with van der Waals surface area (Å²) in [6.45, 7) is 9.84. The molecule has 2 heterocycles. The van der Waals surface area contributed by atoms with Crippen LogP contribution in [0.5, 0.6) is 0 Å². The molecule has 9 heteroatoms. The third-order valence-electron chi connectivity index (χ3n) is 24.0. The topological polar surface area (TPSA) is 111 Å². The molecule has 4 amide bonds. The molecule has 3 N–H and O–H groups in total. The Bertz CT molecular complexity index is 1780. The van der Waals surface area contributed by atoms with Crippen molar-refractivity contribution in [2.45, 2.75) is 515 Å². The van der Waals surface area contributed by atoms with Crippen molar-refractivity contribution < 1.29 is 19.2 Å². The van der Waals surface area contributed by atoms with Gasteiger partial charge in [-0.2, -0.15) is 0 Å². The van der Waals surface area contributed by atoms with Crippen molar-refractivity contribution in [2.75, 3.05) is 52.4 Å². The Morgan fingerprint density at radius 2 is 0.340 bits per heavy atom. The molecular weight excluding hydrogens is 1260 g/mol. The van der Waals surface area contributed by atoms with Gasteiger partial charge in [-0.1, -0.05) is 489 Å². The van der Waals surface area contributed by atoms with Crippen LogP contribution in [-0.2, 0) is 19.2 Å². The second-order valence-corrected chi connectivity index (χ2v) is 33.9. The molecular formula is C94H183N5O4. The minimum absolute atomic E-state index is 0.00638. The Morgan fingerprint density at radius 3 is 0.495 bits per heavy atom. The van der Waals surface area contributed by atoms with Crippen LogP contribution in [-0.4, -0.2) is 85.8 Å². The molecule has 2 saturated heterocycles. The van der Waals surface area contributed by atoms with Gasteiger partial charge in [0.2, 0.25) is 23.6 Å². The molecule has 2 aliphatic rings. The number of hydrogen-bond donors (Lipinski definition) is 3. The molecule has 0 saturated carbocycles. The fraction of sp³-hybridized carbons (Fsp3) is 0.957. The second-order valence-electron chi connectivity index (χ2n) is 33.9. The summed E-state index contributed by atoms with van der Waals surface area (Å²) in [4.78, 5) is 54.6. The zero-order valence-corrected chi connectivity index (χ0v) is 70.0. The van der Waals surface area contributed by atoms with Gasteiger partial charge in [-0.3, -0.25) is 29.0 Å². The Labute approximate surface area is 643 Å². The maximum Gasteiger partial charge on any atom is 0.232 e. The number of likely N-dealkylation sites (tertiary alicyclic amines) is 2. The highest BCUT2D eigenvalue weighted by Crippen LogP contribution is 2.28. The van der Waals surface area contributed by atoms with Crippen molar-refractivity contribution in [3.05, 3.63) is 0 Å². The van der Waals surface area contributed by atoms with Gasteiger partial charge in [0.15, 0.2) is 0 Å². The lowest BCUT2D eigenvalue weighted by atomic mass is 9.98. The van der Waals surface area contributed by atoms with E-state index in [2.05, 4.69) is 29.8 Å². The van der Waals surface area contributed by atoms with E-state index in [4.69, 9.17) is 0 Å². The van der Waals surface area contributed by atoms with E-state index in [9.17, 15) is 19.2 Å². The van der Waals surface area contributed by atoms with Crippen LogP contribution in [0.4, 0.5) is 0 Å². The van der Waals surface area contributed by atoms with E-state index in [1.54, 1.807) is 0 Å². The van der Waals surface area contributed by atoms with Crippen molar-refractivity contribution in [3.63, 3.8) is 0 Å². The lowest BCUT2D eigenvalue weighted by Gasteiger charge is -2.16. The Kier molecular flexibility index (Phi) is 75.2. The molecule has 2 rings (SSSR count). The summed E-state index contributed by atoms with van der Waals surface area (Å²) in [7, 11) is 0. The Morgan fingerprint density at radius 1 is 0.204 bits per heavy atom. The van der Waals surface area contributed by atoms with Gasteiger partial charge in [-0.05, 0) is 12.8 Å². The van der Waals surface area contributed by atoms with E-state index in [1.807, 2.05) is 0 Å². The highest BCUT2D eigenvalue weighted by atomic mass is 16.2. The number of nitrogens with one attached hydrogen (secondary N) is 3. The van der Waals surface area contributed by atoms with Gasteiger partial charge in [-0.15, -0.1) is 0 Å². The molecule has 2 fully saturated rings. The van der Waals surface area contributed by atoms with Gasteiger partial charge in [-0.25, -0.2) is 0 Å². The predicted octanol–water partition coefficient (Wildman–Crippen LogP) is 28.2. The van der Waals surface area contributed by atoms with E-state index >= 15 is 0 Å². The molecule has 608 valence electrons. The molecule has 2 aliphatic heterocycles. The van der Waals surface area contributed by atoms with E-state index in [0.29, 0.717) is 39.0 Å². The highest BCUT2D eigenvalue weighted by molar-refractivity contribution is 6.04. The summed E-state index contributed by atoms with van der Waals surface area (Å²) in [6, 6.07) is 0. The van der Waals surface area contributed by atoms with Crippen LogP contribution < -0.4 is 16.0 Å². The third kappa shape index (κ3) is 64.7. The lowest BCUT2D eigenvalue weighted by Crippen LogP contribution is -2.40. The average molecular weight is 1450 g/mol. The van der Waals surface area contributed by atoms with Gasteiger partial charge >= 0.3 is 0 Å². The van der Waals surface area contributed by atoms with Gasteiger partial charge in [0.05, 0.1) is 0 Å². The van der Waals surface area contributed by atoms with Crippen LogP contribution in [0.1, 0.15) is 515 Å². The normalized spacial score (nSPS) is 14.9. The monoisotopic (exact) mass is 1450 g/mol. The third-order valence-corrected chi connectivity index (χ3v) is 24.0. The minimum atomic E-state index is -0.125. The maximum atomic E-state index is 13.1. The van der Waals surface area contributed by atoms with Crippen molar-refractivity contribution in [1.29, 1.82) is 0 Å². The summed E-state index contributed by atoms with van der Waals surface area (Å²) in [5.41, 5.74) is 0. The molecule has 0 aromatic heterocycles. The molecule has 0 bridgehead atoms. The Hall–Kier alpha value is -1.84. The van der Waals surface area contributed by atoms with Crippen molar-refractivity contribution in [2.24, 2.45) is 11.8 Å². The summed E-state index contributed by atoms with van der Waals surface area (Å²) >= 11 is 0. The fourth-order valence-corrected chi connectivity index (χ4v) is 16.8. The zero-order valence-electron chi connectivity index (χ0n) is 70.0. The average Bonchev–Trinajstić information content (AvgIpc) is 1.71. The van der Waals surface area contributed by atoms with Crippen molar-refractivity contribution in [3.8, 4) is 0 Å². The number of amides is 4. The van der Waals surface area contributed by atoms with Gasteiger partial charge in [0.25, 0.3) is 0 Å². The number of unbranched alkanes of at least 4 members (excludes halogenated alkanes) is 72. The van der Waals surface area contributed by atoms with E-state index < -0.39 is 0 Å². The first-order valence-electron chi connectivity index (χ1n) is 47.8. The van der Waals surface area contributed by atoms with Crippen LogP contribution in [0.15, 0.2) is 0 Å². The van der Waals surface area contributed by atoms with E-state index in [-0.39, 0.29) is 35.5 Å². The largest absolute Gasteiger partial charge is 0.314 e. The molecule has 0 spiro atoms. The highest BCUT2D eigenvalue weighted by Gasteiger charge is 2.38. The smallest absolute Gasteiger partial charge is 0.232 e. The summed E-state index contributed by atoms with van der Waals surface area (Å²) in [6.07, 6.45) is 107. The van der Waals surface area contributed by atoms with Crippen molar-refractivity contribution in [1.82, 2.24) is 25.8 Å².